The summed E-state index contributed by atoms with van der Waals surface area (Å²) in [4.78, 5) is 16.5. The largest absolute Gasteiger partial charge is 0.369 e. The fourth-order valence-electron chi connectivity index (χ4n) is 3.05. The molecule has 0 unspecified atom stereocenters. The number of aromatic nitrogens is 2. The van der Waals surface area contributed by atoms with Gasteiger partial charge in [-0.3, -0.25) is 9.48 Å². The summed E-state index contributed by atoms with van der Waals surface area (Å²) in [5, 5.41) is 4.68. The quantitative estimate of drug-likeness (QED) is 0.808. The number of aryl methyl sites for hydroxylation is 1. The van der Waals surface area contributed by atoms with Crippen LogP contribution >= 0.6 is 12.4 Å². The molecule has 6 nitrogen and oxygen atoms in total. The lowest BCUT2D eigenvalue weighted by atomic mass is 9.92. The fourth-order valence-corrected chi connectivity index (χ4v) is 3.05. The van der Waals surface area contributed by atoms with Crippen molar-refractivity contribution in [2.75, 3.05) is 34.3 Å². The maximum Gasteiger partial charge on any atom is 0.254 e. The molecule has 138 valence electrons. The van der Waals surface area contributed by atoms with Gasteiger partial charge in [0.2, 0.25) is 0 Å². The zero-order valence-electron chi connectivity index (χ0n) is 15.7. The van der Waals surface area contributed by atoms with Crippen molar-refractivity contribution in [1.82, 2.24) is 19.6 Å². The Morgan fingerprint density at radius 2 is 1.96 bits per heavy atom. The number of hydrogen-bond donors (Lipinski definition) is 0. The molecule has 1 aliphatic heterocycles. The number of likely N-dealkylation sites (tertiary alicyclic amines) is 1. The minimum absolute atomic E-state index is 0. The first kappa shape index (κ1) is 20.9. The van der Waals surface area contributed by atoms with E-state index in [2.05, 4.69) is 30.2 Å². The normalized spacial score (nSPS) is 16.4. The number of piperidine rings is 1. The van der Waals surface area contributed by atoms with Crippen molar-refractivity contribution in [2.24, 2.45) is 7.05 Å². The topological polar surface area (TPSA) is 50.6 Å². The van der Waals surface area contributed by atoms with Crippen LogP contribution in [-0.4, -0.2) is 65.4 Å². The van der Waals surface area contributed by atoms with E-state index >= 15 is 0 Å². The molecule has 0 saturated carbocycles. The molecule has 0 aromatic carbocycles. The average molecular weight is 359 g/mol. The Labute approximate surface area is 151 Å². The van der Waals surface area contributed by atoms with Crippen molar-refractivity contribution in [1.29, 1.82) is 0 Å². The molecule has 1 aromatic heterocycles. The minimum Gasteiger partial charge on any atom is -0.369 e. The van der Waals surface area contributed by atoms with Gasteiger partial charge in [-0.25, -0.2) is 0 Å². The van der Waals surface area contributed by atoms with E-state index in [0.29, 0.717) is 5.92 Å². The highest BCUT2D eigenvalue weighted by molar-refractivity contribution is 5.85. The molecule has 24 heavy (non-hydrogen) atoms. The maximum atomic E-state index is 12.4. The second kappa shape index (κ2) is 8.32. The lowest BCUT2D eigenvalue weighted by Gasteiger charge is -2.36. The van der Waals surface area contributed by atoms with Gasteiger partial charge in [-0.05, 0) is 46.9 Å². The van der Waals surface area contributed by atoms with Crippen LogP contribution in [0.4, 0.5) is 0 Å². The van der Waals surface area contributed by atoms with E-state index in [9.17, 15) is 4.79 Å². The monoisotopic (exact) mass is 358 g/mol. The Kier molecular flexibility index (Phi) is 7.25. The summed E-state index contributed by atoms with van der Waals surface area (Å²) in [6.07, 6.45) is 1.92. The van der Waals surface area contributed by atoms with Crippen molar-refractivity contribution < 1.29 is 9.53 Å². The third kappa shape index (κ3) is 4.71. The van der Waals surface area contributed by atoms with Crippen LogP contribution in [0.25, 0.3) is 0 Å². The SMILES string of the molecule is COC(C)(C)C(=O)N1CCC(c2cc(CN(C)C)n(C)n2)CC1.Cl. The van der Waals surface area contributed by atoms with E-state index in [4.69, 9.17) is 4.74 Å². The molecule has 2 heterocycles. The summed E-state index contributed by atoms with van der Waals surface area (Å²) in [7, 11) is 7.72. The van der Waals surface area contributed by atoms with Crippen LogP contribution in [0.3, 0.4) is 0 Å². The van der Waals surface area contributed by atoms with Crippen LogP contribution in [0.1, 0.15) is 44.0 Å². The first-order valence-corrected chi connectivity index (χ1v) is 8.26. The highest BCUT2D eigenvalue weighted by Gasteiger charge is 2.34. The zero-order chi connectivity index (χ0) is 17.2. The molecule has 7 heteroatoms. The predicted molar refractivity (Wildman–Crippen MR) is 97.5 cm³/mol. The highest BCUT2D eigenvalue weighted by Crippen LogP contribution is 2.29. The molecule has 1 aliphatic rings. The van der Waals surface area contributed by atoms with E-state index < -0.39 is 5.60 Å². The number of hydrogen-bond acceptors (Lipinski definition) is 4. The smallest absolute Gasteiger partial charge is 0.254 e. The number of carbonyl (C=O) groups excluding carboxylic acids is 1. The summed E-state index contributed by atoms with van der Waals surface area (Å²) in [5.74, 6) is 0.514. The van der Waals surface area contributed by atoms with Crippen molar-refractivity contribution in [3.63, 3.8) is 0 Å². The second-order valence-corrected chi connectivity index (χ2v) is 7.20. The molecular weight excluding hydrogens is 328 g/mol. The van der Waals surface area contributed by atoms with Crippen LogP contribution in [-0.2, 0) is 23.1 Å². The molecule has 1 aromatic rings. The molecule has 1 fully saturated rings. The number of halogens is 1. The minimum atomic E-state index is -0.739. The van der Waals surface area contributed by atoms with Crippen LogP contribution in [0.15, 0.2) is 6.07 Å². The van der Waals surface area contributed by atoms with Gasteiger partial charge >= 0.3 is 0 Å². The first-order valence-electron chi connectivity index (χ1n) is 8.26. The number of amides is 1. The Bertz CT molecular complexity index is 549. The lowest BCUT2D eigenvalue weighted by molar-refractivity contribution is -0.152. The maximum absolute atomic E-state index is 12.4. The van der Waals surface area contributed by atoms with Crippen LogP contribution in [0, 0.1) is 0 Å². The average Bonchev–Trinajstić information content (AvgIpc) is 2.87. The number of rotatable bonds is 5. The Balaban J connectivity index is 0.00000288. The van der Waals surface area contributed by atoms with Gasteiger partial charge in [0.25, 0.3) is 5.91 Å². The number of methoxy groups -OCH3 is 1. The molecule has 1 saturated heterocycles. The third-order valence-electron chi connectivity index (χ3n) is 4.70. The molecule has 0 aliphatic carbocycles. The molecule has 0 radical (unpaired) electrons. The number of nitrogens with zero attached hydrogens (tertiary/aromatic N) is 4. The third-order valence-corrected chi connectivity index (χ3v) is 4.70. The van der Waals surface area contributed by atoms with Gasteiger partial charge in [0.05, 0.1) is 11.4 Å². The number of ether oxygens (including phenoxy) is 1. The van der Waals surface area contributed by atoms with E-state index in [-0.39, 0.29) is 18.3 Å². The van der Waals surface area contributed by atoms with Gasteiger partial charge in [0.1, 0.15) is 5.60 Å². The van der Waals surface area contributed by atoms with Gasteiger partial charge in [0, 0.05) is 39.7 Å². The predicted octanol–water partition coefficient (Wildman–Crippen LogP) is 2.03. The lowest BCUT2D eigenvalue weighted by Crippen LogP contribution is -2.49. The van der Waals surface area contributed by atoms with E-state index in [1.54, 1.807) is 7.11 Å². The highest BCUT2D eigenvalue weighted by atomic mass is 35.5. The molecule has 0 atom stereocenters. The Morgan fingerprint density at radius 3 is 2.46 bits per heavy atom. The van der Waals surface area contributed by atoms with E-state index in [1.807, 2.05) is 30.5 Å². The standard InChI is InChI=1S/C17H30N4O2.ClH/c1-17(2,23-6)16(22)21-9-7-13(8-10-21)15-11-14(12-19(3)4)20(5)18-15;/h11,13H,7-10,12H2,1-6H3;1H. The van der Waals surface area contributed by atoms with Crippen molar-refractivity contribution in [3.8, 4) is 0 Å². The summed E-state index contributed by atoms with van der Waals surface area (Å²) >= 11 is 0. The molecule has 0 N–H and O–H groups in total. The summed E-state index contributed by atoms with van der Waals surface area (Å²) in [5.41, 5.74) is 1.64. The van der Waals surface area contributed by atoms with Crippen molar-refractivity contribution in [2.45, 2.75) is 44.8 Å². The van der Waals surface area contributed by atoms with Crippen molar-refractivity contribution >= 4 is 18.3 Å². The van der Waals surface area contributed by atoms with Crippen molar-refractivity contribution in [3.05, 3.63) is 17.5 Å². The second-order valence-electron chi connectivity index (χ2n) is 7.20. The van der Waals surface area contributed by atoms with Gasteiger partial charge < -0.3 is 14.5 Å². The van der Waals surface area contributed by atoms with E-state index in [1.165, 1.54) is 5.69 Å². The molecule has 2 rings (SSSR count). The van der Waals surface area contributed by atoms with Gasteiger partial charge in [-0.2, -0.15) is 5.10 Å². The summed E-state index contributed by atoms with van der Waals surface area (Å²) in [6, 6.07) is 2.21. The van der Waals surface area contributed by atoms with Crippen LogP contribution in [0.2, 0.25) is 0 Å². The van der Waals surface area contributed by atoms with Crippen LogP contribution in [0.5, 0.6) is 0 Å². The first-order chi connectivity index (χ1) is 10.7. The Hall–Kier alpha value is -1.11. The summed E-state index contributed by atoms with van der Waals surface area (Å²) < 4.78 is 7.28. The Morgan fingerprint density at radius 1 is 1.38 bits per heavy atom. The molecule has 0 bridgehead atoms. The van der Waals surface area contributed by atoms with Crippen LogP contribution < -0.4 is 0 Å². The number of carbonyl (C=O) groups is 1. The van der Waals surface area contributed by atoms with E-state index in [0.717, 1.165) is 38.2 Å². The van der Waals surface area contributed by atoms with Gasteiger partial charge in [-0.1, -0.05) is 0 Å². The molecular formula is C17H31ClN4O2. The zero-order valence-corrected chi connectivity index (χ0v) is 16.5. The molecule has 1 amide bonds. The molecule has 0 spiro atoms. The van der Waals surface area contributed by atoms with Gasteiger partial charge in [0.15, 0.2) is 0 Å². The fraction of sp³-hybridized carbons (Fsp3) is 0.765. The summed E-state index contributed by atoms with van der Waals surface area (Å²) in [6.45, 7) is 6.09. The van der Waals surface area contributed by atoms with Gasteiger partial charge in [-0.15, -0.1) is 12.4 Å².